The van der Waals surface area contributed by atoms with E-state index >= 15 is 0 Å². The third-order valence-corrected chi connectivity index (χ3v) is 5.87. The molecular formula is C24H28BN5O2. The number of aromatic nitrogens is 1. The summed E-state index contributed by atoms with van der Waals surface area (Å²) >= 11 is 0. The van der Waals surface area contributed by atoms with E-state index in [2.05, 4.69) is 10.2 Å². The van der Waals surface area contributed by atoms with Crippen molar-refractivity contribution in [1.29, 1.82) is 0 Å². The molecule has 2 radical (unpaired) electrons. The molecule has 0 atom stereocenters. The number of anilines is 2. The molecule has 0 aliphatic carbocycles. The largest absolute Gasteiger partial charge is 0.508 e. The van der Waals surface area contributed by atoms with E-state index in [0.717, 1.165) is 64.6 Å². The summed E-state index contributed by atoms with van der Waals surface area (Å²) < 4.78 is 0. The van der Waals surface area contributed by atoms with Crippen LogP contribution in [-0.4, -0.2) is 54.0 Å². The fourth-order valence-corrected chi connectivity index (χ4v) is 4.09. The molecule has 0 spiro atoms. The fourth-order valence-electron chi connectivity index (χ4n) is 4.09. The van der Waals surface area contributed by atoms with Gasteiger partial charge < -0.3 is 20.1 Å². The number of phenolic OH excluding ortho intramolecular Hbond substituents is 1. The third kappa shape index (κ3) is 4.57. The SMILES string of the molecule is [B]N1CCN(Cc2cc(Nc3c(=C/C)/c(=C\C)nc4ccc(ON)cc34)ccc2O)CC1. The Hall–Kier alpha value is -3.07. The van der Waals surface area contributed by atoms with Crippen LogP contribution in [0.25, 0.3) is 23.1 Å². The van der Waals surface area contributed by atoms with Gasteiger partial charge in [-0.1, -0.05) is 12.2 Å². The number of benzene rings is 2. The van der Waals surface area contributed by atoms with Crippen molar-refractivity contribution >= 4 is 42.4 Å². The molecule has 4 rings (SSSR count). The summed E-state index contributed by atoms with van der Waals surface area (Å²) in [5.41, 5.74) is 3.50. The quantitative estimate of drug-likeness (QED) is 0.324. The van der Waals surface area contributed by atoms with Crippen LogP contribution in [0.4, 0.5) is 11.4 Å². The van der Waals surface area contributed by atoms with Crippen molar-refractivity contribution < 1.29 is 9.94 Å². The van der Waals surface area contributed by atoms with Crippen molar-refractivity contribution in [2.45, 2.75) is 20.4 Å². The zero-order chi connectivity index (χ0) is 22.7. The van der Waals surface area contributed by atoms with Gasteiger partial charge in [-0.05, 0) is 63.3 Å². The van der Waals surface area contributed by atoms with Gasteiger partial charge in [0.2, 0.25) is 0 Å². The number of hydrogen-bond donors (Lipinski definition) is 3. The minimum absolute atomic E-state index is 0.286. The molecule has 0 bridgehead atoms. The van der Waals surface area contributed by atoms with E-state index in [1.54, 1.807) is 12.1 Å². The molecule has 1 saturated heterocycles. The Labute approximate surface area is 189 Å². The van der Waals surface area contributed by atoms with E-state index in [-0.39, 0.29) is 5.75 Å². The summed E-state index contributed by atoms with van der Waals surface area (Å²) in [5, 5.41) is 16.8. The number of aromatic hydroxyl groups is 1. The number of nitrogens with two attached hydrogens (primary N) is 1. The van der Waals surface area contributed by atoms with Crippen molar-refractivity contribution in [1.82, 2.24) is 14.7 Å². The standard InChI is InChI=1S/C24H28BN5O2/c1-3-19-21(4-2)28-22-7-6-18(32-26)14-20(22)24(19)27-17-5-8-23(31)16(13-17)15-29-9-11-30(25)12-10-29/h3-8,13-14,27,31H,9-12,15,26H2,1-2H3/b19-3+,21-4+. The van der Waals surface area contributed by atoms with Crippen LogP contribution in [-0.2, 0) is 6.54 Å². The van der Waals surface area contributed by atoms with Gasteiger partial charge in [-0.25, -0.2) is 4.98 Å². The summed E-state index contributed by atoms with van der Waals surface area (Å²) in [5.74, 6) is 6.25. The molecule has 8 heteroatoms. The van der Waals surface area contributed by atoms with Gasteiger partial charge in [0.25, 0.3) is 0 Å². The lowest BCUT2D eigenvalue weighted by atomic mass is 10.1. The number of fused-ring (bicyclic) bond motifs is 1. The maximum atomic E-state index is 10.5. The van der Waals surface area contributed by atoms with Gasteiger partial charge in [-0.3, -0.25) is 4.90 Å². The molecular weight excluding hydrogens is 401 g/mol. The van der Waals surface area contributed by atoms with Crippen molar-refractivity contribution in [3.63, 3.8) is 0 Å². The second-order valence-electron chi connectivity index (χ2n) is 7.94. The first-order chi connectivity index (χ1) is 15.5. The Balaban J connectivity index is 1.74. The molecule has 1 aliphatic rings. The Morgan fingerprint density at radius 3 is 2.59 bits per heavy atom. The first-order valence-corrected chi connectivity index (χ1v) is 10.8. The highest BCUT2D eigenvalue weighted by atomic mass is 16.6. The molecule has 0 unspecified atom stereocenters. The first kappa shape index (κ1) is 22.1. The van der Waals surface area contributed by atoms with E-state index < -0.39 is 0 Å². The van der Waals surface area contributed by atoms with E-state index in [1.165, 1.54) is 0 Å². The predicted molar refractivity (Wildman–Crippen MR) is 130 cm³/mol. The zero-order valence-corrected chi connectivity index (χ0v) is 18.5. The van der Waals surface area contributed by atoms with E-state index in [0.29, 0.717) is 12.3 Å². The van der Waals surface area contributed by atoms with E-state index in [4.69, 9.17) is 23.7 Å². The van der Waals surface area contributed by atoms with Crippen LogP contribution in [0.5, 0.6) is 11.5 Å². The van der Waals surface area contributed by atoms with Crippen LogP contribution in [0.1, 0.15) is 19.4 Å². The molecule has 0 saturated carbocycles. The first-order valence-electron chi connectivity index (χ1n) is 10.8. The number of rotatable bonds is 5. The molecule has 2 aromatic carbocycles. The molecule has 4 N–H and O–H groups in total. The topological polar surface area (TPSA) is 86.9 Å². The summed E-state index contributed by atoms with van der Waals surface area (Å²) in [4.78, 5) is 13.9. The van der Waals surface area contributed by atoms with Crippen molar-refractivity contribution in [3.8, 4) is 11.5 Å². The summed E-state index contributed by atoms with van der Waals surface area (Å²) in [6.45, 7) is 8.01. The highest BCUT2D eigenvalue weighted by Crippen LogP contribution is 2.28. The van der Waals surface area contributed by atoms with Gasteiger partial charge in [-0.15, -0.1) is 0 Å². The highest BCUT2D eigenvalue weighted by Gasteiger charge is 2.16. The van der Waals surface area contributed by atoms with E-state index in [1.807, 2.05) is 55.1 Å². The number of hydrogen-bond acceptors (Lipinski definition) is 7. The van der Waals surface area contributed by atoms with Crippen LogP contribution >= 0.6 is 0 Å². The molecule has 2 heterocycles. The summed E-state index contributed by atoms with van der Waals surface area (Å²) in [7, 11) is 5.87. The van der Waals surface area contributed by atoms with Crippen LogP contribution in [0.15, 0.2) is 36.4 Å². The van der Waals surface area contributed by atoms with Crippen LogP contribution < -0.4 is 26.6 Å². The van der Waals surface area contributed by atoms with Gasteiger partial charge in [0, 0.05) is 41.5 Å². The number of nitrogens with zero attached hydrogens (tertiary/aromatic N) is 3. The molecule has 32 heavy (non-hydrogen) atoms. The normalized spacial score (nSPS) is 16.6. The molecule has 1 aromatic heterocycles. The minimum Gasteiger partial charge on any atom is -0.508 e. The number of phenols is 1. The smallest absolute Gasteiger partial charge is 0.182 e. The minimum atomic E-state index is 0.286. The van der Waals surface area contributed by atoms with Gasteiger partial charge in [0.1, 0.15) is 11.5 Å². The second-order valence-corrected chi connectivity index (χ2v) is 7.94. The highest BCUT2D eigenvalue weighted by molar-refractivity contribution is 6.04. The number of pyridine rings is 1. The predicted octanol–water partition coefficient (Wildman–Crippen LogP) is 1.74. The molecule has 1 fully saturated rings. The summed E-state index contributed by atoms with van der Waals surface area (Å²) in [6.07, 6.45) is 4.03. The molecule has 1 aliphatic heterocycles. The lowest BCUT2D eigenvalue weighted by molar-refractivity contribution is 0.183. The number of nitrogens with one attached hydrogen (secondary N) is 1. The average molecular weight is 429 g/mol. The molecule has 3 aromatic rings. The summed E-state index contributed by atoms with van der Waals surface area (Å²) in [6, 6.07) is 11.2. The van der Waals surface area contributed by atoms with Gasteiger partial charge in [0.15, 0.2) is 7.98 Å². The maximum Gasteiger partial charge on any atom is 0.182 e. The van der Waals surface area contributed by atoms with Gasteiger partial charge >= 0.3 is 0 Å². The Morgan fingerprint density at radius 1 is 1.12 bits per heavy atom. The Kier molecular flexibility index (Phi) is 6.65. The Bertz CT molecular complexity index is 1240. The van der Waals surface area contributed by atoms with Crippen LogP contribution in [0.3, 0.4) is 0 Å². The van der Waals surface area contributed by atoms with Crippen molar-refractivity contribution in [3.05, 3.63) is 52.5 Å². The average Bonchev–Trinajstić information content (AvgIpc) is 2.82. The third-order valence-electron chi connectivity index (χ3n) is 5.87. The van der Waals surface area contributed by atoms with Crippen molar-refractivity contribution in [2.24, 2.45) is 5.90 Å². The second kappa shape index (κ2) is 9.60. The Morgan fingerprint density at radius 2 is 1.91 bits per heavy atom. The molecule has 0 amide bonds. The van der Waals surface area contributed by atoms with Gasteiger partial charge in [0.05, 0.1) is 16.6 Å². The zero-order valence-electron chi connectivity index (χ0n) is 18.5. The lowest BCUT2D eigenvalue weighted by Gasteiger charge is -2.33. The van der Waals surface area contributed by atoms with Crippen LogP contribution in [0, 0.1) is 0 Å². The molecule has 7 nitrogen and oxygen atoms in total. The van der Waals surface area contributed by atoms with Gasteiger partial charge in [-0.2, -0.15) is 5.90 Å². The number of piperazine rings is 1. The fraction of sp³-hybridized carbons (Fsp3) is 0.292. The van der Waals surface area contributed by atoms with Crippen LogP contribution in [0.2, 0.25) is 0 Å². The van der Waals surface area contributed by atoms with Crippen molar-refractivity contribution in [2.75, 3.05) is 31.5 Å². The van der Waals surface area contributed by atoms with E-state index in [9.17, 15) is 5.11 Å². The monoisotopic (exact) mass is 429 g/mol. The lowest BCUT2D eigenvalue weighted by Crippen LogP contribution is -2.44. The maximum absolute atomic E-state index is 10.5. The molecule has 164 valence electrons.